The molecule has 0 saturated carbocycles. The third-order valence-electron chi connectivity index (χ3n) is 2.95. The van der Waals surface area contributed by atoms with E-state index in [1.54, 1.807) is 13.0 Å². The van der Waals surface area contributed by atoms with Crippen LogP contribution in [0.2, 0.25) is 0 Å². The molecule has 7 heteroatoms. The van der Waals surface area contributed by atoms with E-state index < -0.39 is 16.1 Å². The summed E-state index contributed by atoms with van der Waals surface area (Å²) in [6.45, 7) is 5.72. The Morgan fingerprint density at radius 3 is 2.57 bits per heavy atom. The quantitative estimate of drug-likeness (QED) is 0.792. The van der Waals surface area contributed by atoms with Crippen molar-refractivity contribution in [2.45, 2.75) is 38.1 Å². The molecule has 0 aliphatic carbocycles. The van der Waals surface area contributed by atoms with Gasteiger partial charge in [0.25, 0.3) is 0 Å². The number of carbonyl (C=O) groups is 1. The van der Waals surface area contributed by atoms with Crippen molar-refractivity contribution < 1.29 is 17.9 Å². The van der Waals surface area contributed by atoms with Crippen LogP contribution in [-0.2, 0) is 14.8 Å². The van der Waals surface area contributed by atoms with Crippen molar-refractivity contribution in [3.8, 4) is 5.75 Å². The molecule has 1 atom stereocenters. The molecule has 118 valence electrons. The number of carbonyl (C=O) groups excluding carboxylic acids is 1. The average Bonchev–Trinajstić information content (AvgIpc) is 2.44. The molecule has 0 aliphatic rings. The highest BCUT2D eigenvalue weighted by Gasteiger charge is 2.22. The van der Waals surface area contributed by atoms with Gasteiger partial charge in [0, 0.05) is 6.54 Å². The van der Waals surface area contributed by atoms with Gasteiger partial charge in [-0.15, -0.1) is 0 Å². The Morgan fingerprint density at radius 1 is 1.38 bits per heavy atom. The lowest BCUT2D eigenvalue weighted by Gasteiger charge is -2.15. The number of sulfonamides is 1. The van der Waals surface area contributed by atoms with E-state index >= 15 is 0 Å². The molecular formula is C14H22N2O4S. The Kier molecular flexibility index (Phi) is 6.17. The molecule has 1 amide bonds. The van der Waals surface area contributed by atoms with Gasteiger partial charge in [0.15, 0.2) is 0 Å². The number of methoxy groups -OCH3 is 1. The molecule has 0 unspecified atom stereocenters. The number of nitrogens with one attached hydrogen (secondary N) is 2. The Balaban J connectivity index is 2.86. The summed E-state index contributed by atoms with van der Waals surface area (Å²) in [5, 5.41) is 2.65. The van der Waals surface area contributed by atoms with Gasteiger partial charge in [0.1, 0.15) is 5.75 Å². The second-order valence-corrected chi connectivity index (χ2v) is 6.48. The van der Waals surface area contributed by atoms with Crippen molar-refractivity contribution in [2.24, 2.45) is 0 Å². The summed E-state index contributed by atoms with van der Waals surface area (Å²) >= 11 is 0. The maximum atomic E-state index is 12.2. The first-order valence-corrected chi connectivity index (χ1v) is 8.24. The third-order valence-corrected chi connectivity index (χ3v) is 4.49. The van der Waals surface area contributed by atoms with Crippen molar-refractivity contribution in [3.05, 3.63) is 23.8 Å². The van der Waals surface area contributed by atoms with E-state index in [4.69, 9.17) is 4.74 Å². The lowest BCUT2D eigenvalue weighted by atomic mass is 10.2. The zero-order valence-electron chi connectivity index (χ0n) is 12.8. The van der Waals surface area contributed by atoms with E-state index in [0.717, 1.165) is 6.42 Å². The Hall–Kier alpha value is -1.60. The van der Waals surface area contributed by atoms with Gasteiger partial charge in [-0.2, -0.15) is 4.72 Å². The fourth-order valence-corrected chi connectivity index (χ4v) is 3.06. The van der Waals surface area contributed by atoms with Crippen LogP contribution in [0.15, 0.2) is 23.1 Å². The molecule has 6 nitrogen and oxygen atoms in total. The second kappa shape index (κ2) is 7.42. The van der Waals surface area contributed by atoms with Gasteiger partial charge in [0.05, 0.1) is 18.0 Å². The summed E-state index contributed by atoms with van der Waals surface area (Å²) in [4.78, 5) is 11.8. The summed E-state index contributed by atoms with van der Waals surface area (Å²) in [6.07, 6.45) is 0.795. The fraction of sp³-hybridized carbons (Fsp3) is 0.500. The average molecular weight is 314 g/mol. The van der Waals surface area contributed by atoms with E-state index in [1.807, 2.05) is 6.92 Å². The maximum Gasteiger partial charge on any atom is 0.241 e. The molecule has 0 aliphatic heterocycles. The molecule has 0 aromatic heterocycles. The molecule has 0 radical (unpaired) electrons. The third kappa shape index (κ3) is 4.71. The van der Waals surface area contributed by atoms with Crippen molar-refractivity contribution in [3.63, 3.8) is 0 Å². The van der Waals surface area contributed by atoms with E-state index in [1.165, 1.54) is 26.2 Å². The fourth-order valence-electron chi connectivity index (χ4n) is 1.77. The SMILES string of the molecule is CCCNC(=O)[C@@H](C)NS(=O)(=O)c1ccc(OC)c(C)c1. The predicted octanol–water partition coefficient (Wildman–Crippen LogP) is 1.20. The van der Waals surface area contributed by atoms with Crippen LogP contribution in [0.3, 0.4) is 0 Å². The van der Waals surface area contributed by atoms with Gasteiger partial charge in [-0.3, -0.25) is 4.79 Å². The molecule has 1 aromatic rings. The van der Waals surface area contributed by atoms with Crippen LogP contribution in [-0.4, -0.2) is 34.0 Å². The first-order chi connectivity index (χ1) is 9.81. The lowest BCUT2D eigenvalue weighted by molar-refractivity contribution is -0.122. The minimum absolute atomic E-state index is 0.107. The molecule has 1 aromatic carbocycles. The molecule has 0 saturated heterocycles. The summed E-state index contributed by atoms with van der Waals surface area (Å²) in [6, 6.07) is 3.72. The number of rotatable bonds is 7. The number of amides is 1. The van der Waals surface area contributed by atoms with Crippen molar-refractivity contribution in [1.29, 1.82) is 0 Å². The molecule has 0 spiro atoms. The van der Waals surface area contributed by atoms with Crippen LogP contribution < -0.4 is 14.8 Å². The largest absolute Gasteiger partial charge is 0.496 e. The van der Waals surface area contributed by atoms with E-state index in [-0.39, 0.29) is 10.8 Å². The van der Waals surface area contributed by atoms with Crippen LogP contribution in [0.1, 0.15) is 25.8 Å². The molecule has 0 bridgehead atoms. The Labute approximate surface area is 125 Å². The number of benzene rings is 1. The first kappa shape index (κ1) is 17.5. The van der Waals surface area contributed by atoms with Crippen LogP contribution in [0.4, 0.5) is 0 Å². The zero-order valence-corrected chi connectivity index (χ0v) is 13.6. The Morgan fingerprint density at radius 2 is 2.05 bits per heavy atom. The monoisotopic (exact) mass is 314 g/mol. The minimum Gasteiger partial charge on any atom is -0.496 e. The van der Waals surface area contributed by atoms with E-state index in [2.05, 4.69) is 10.0 Å². The Bertz CT molecular complexity index is 599. The van der Waals surface area contributed by atoms with Crippen LogP contribution in [0.5, 0.6) is 5.75 Å². The van der Waals surface area contributed by atoms with Crippen LogP contribution in [0, 0.1) is 6.92 Å². The molecule has 1 rings (SSSR count). The zero-order chi connectivity index (χ0) is 16.0. The van der Waals surface area contributed by atoms with Gasteiger partial charge in [-0.25, -0.2) is 8.42 Å². The number of hydrogen-bond donors (Lipinski definition) is 2. The van der Waals surface area contributed by atoms with E-state index in [9.17, 15) is 13.2 Å². The first-order valence-electron chi connectivity index (χ1n) is 6.76. The van der Waals surface area contributed by atoms with Crippen LogP contribution >= 0.6 is 0 Å². The molecule has 2 N–H and O–H groups in total. The number of hydrogen-bond acceptors (Lipinski definition) is 4. The highest BCUT2D eigenvalue weighted by Crippen LogP contribution is 2.21. The summed E-state index contributed by atoms with van der Waals surface area (Å²) in [7, 11) is -2.22. The molecular weight excluding hydrogens is 292 g/mol. The predicted molar refractivity (Wildman–Crippen MR) is 80.8 cm³/mol. The molecule has 0 fully saturated rings. The molecule has 0 heterocycles. The maximum absolute atomic E-state index is 12.2. The summed E-state index contributed by atoms with van der Waals surface area (Å²) in [5.41, 5.74) is 0.712. The van der Waals surface area contributed by atoms with Gasteiger partial charge < -0.3 is 10.1 Å². The number of ether oxygens (including phenoxy) is 1. The van der Waals surface area contributed by atoms with Gasteiger partial charge in [0.2, 0.25) is 15.9 Å². The van der Waals surface area contributed by atoms with Crippen molar-refractivity contribution in [2.75, 3.05) is 13.7 Å². The second-order valence-electron chi connectivity index (χ2n) is 4.77. The summed E-state index contributed by atoms with van der Waals surface area (Å²) < 4.78 is 31.9. The van der Waals surface area contributed by atoms with Gasteiger partial charge in [-0.05, 0) is 44.0 Å². The lowest BCUT2D eigenvalue weighted by Crippen LogP contribution is -2.44. The van der Waals surface area contributed by atoms with Gasteiger partial charge in [-0.1, -0.05) is 6.92 Å². The van der Waals surface area contributed by atoms with Crippen molar-refractivity contribution >= 4 is 15.9 Å². The molecule has 21 heavy (non-hydrogen) atoms. The number of aryl methyl sites for hydroxylation is 1. The highest BCUT2D eigenvalue weighted by molar-refractivity contribution is 7.89. The van der Waals surface area contributed by atoms with Gasteiger partial charge >= 0.3 is 0 Å². The standard InChI is InChI=1S/C14H22N2O4S/c1-5-8-15-14(17)11(3)16-21(18,19)12-6-7-13(20-4)10(2)9-12/h6-7,9,11,16H,5,8H2,1-4H3,(H,15,17)/t11-/m1/s1. The van der Waals surface area contributed by atoms with Crippen molar-refractivity contribution in [1.82, 2.24) is 10.0 Å². The summed E-state index contributed by atoms with van der Waals surface area (Å²) in [5.74, 6) is 0.272. The topological polar surface area (TPSA) is 84.5 Å². The van der Waals surface area contributed by atoms with Crippen LogP contribution in [0.25, 0.3) is 0 Å². The smallest absolute Gasteiger partial charge is 0.241 e. The normalized spacial score (nSPS) is 12.8. The highest BCUT2D eigenvalue weighted by atomic mass is 32.2. The minimum atomic E-state index is -3.74. The van der Waals surface area contributed by atoms with E-state index in [0.29, 0.717) is 17.9 Å².